The Morgan fingerprint density at radius 1 is 1.11 bits per heavy atom. The van der Waals surface area contributed by atoms with Crippen LogP contribution in [0.4, 0.5) is 0 Å². The highest BCUT2D eigenvalue weighted by molar-refractivity contribution is 7.10. The summed E-state index contributed by atoms with van der Waals surface area (Å²) in [6.45, 7) is 3.70. The van der Waals surface area contributed by atoms with Crippen LogP contribution < -0.4 is 9.47 Å². The van der Waals surface area contributed by atoms with Crippen LogP contribution in [0, 0.1) is 6.92 Å². The van der Waals surface area contributed by atoms with E-state index in [2.05, 4.69) is 11.4 Å². The molecule has 2 amide bonds. The summed E-state index contributed by atoms with van der Waals surface area (Å²) in [4.78, 5) is 31.9. The third-order valence-electron chi connectivity index (χ3n) is 6.68. The van der Waals surface area contributed by atoms with Gasteiger partial charge in [-0.3, -0.25) is 9.59 Å². The van der Waals surface area contributed by atoms with Crippen molar-refractivity contribution in [2.24, 2.45) is 0 Å². The van der Waals surface area contributed by atoms with Gasteiger partial charge < -0.3 is 24.0 Å². The maximum Gasteiger partial charge on any atom is 0.254 e. The SMILES string of the molecule is COCCCN(CC(=O)N1CCc2sccc2C1COc1ccc(Cl)c(C)c1)C(=O)c1ccc(OC)cc1. The zero-order valence-corrected chi connectivity index (χ0v) is 23.5. The van der Waals surface area contributed by atoms with Crippen molar-refractivity contribution in [3.05, 3.63) is 80.5 Å². The molecule has 7 nitrogen and oxygen atoms in total. The molecule has 4 rings (SSSR count). The molecule has 1 aliphatic heterocycles. The Labute approximate surface area is 232 Å². The smallest absolute Gasteiger partial charge is 0.254 e. The van der Waals surface area contributed by atoms with Crippen LogP contribution in [0.2, 0.25) is 5.02 Å². The van der Waals surface area contributed by atoms with Crippen LogP contribution in [-0.4, -0.2) is 68.7 Å². The van der Waals surface area contributed by atoms with Gasteiger partial charge in [-0.05, 0) is 84.8 Å². The van der Waals surface area contributed by atoms with Crippen molar-refractivity contribution in [1.29, 1.82) is 0 Å². The second kappa shape index (κ2) is 13.1. The first-order chi connectivity index (χ1) is 18.4. The lowest BCUT2D eigenvalue weighted by Gasteiger charge is -2.37. The molecule has 2 heterocycles. The number of hydrogen-bond donors (Lipinski definition) is 0. The number of thiophene rings is 1. The van der Waals surface area contributed by atoms with Crippen molar-refractivity contribution in [3.8, 4) is 11.5 Å². The minimum atomic E-state index is -0.245. The Morgan fingerprint density at radius 2 is 1.87 bits per heavy atom. The molecule has 1 aromatic heterocycles. The van der Waals surface area contributed by atoms with Crippen molar-refractivity contribution in [2.75, 3.05) is 47.1 Å². The Balaban J connectivity index is 1.52. The summed E-state index contributed by atoms with van der Waals surface area (Å²) >= 11 is 7.87. The molecular weight excluding hydrogens is 524 g/mol. The molecule has 0 aliphatic carbocycles. The Bertz CT molecular complexity index is 1250. The van der Waals surface area contributed by atoms with Crippen LogP contribution in [0.25, 0.3) is 0 Å². The molecule has 0 radical (unpaired) electrons. The van der Waals surface area contributed by atoms with E-state index in [0.717, 1.165) is 17.5 Å². The molecule has 0 N–H and O–H groups in total. The summed E-state index contributed by atoms with van der Waals surface area (Å²) in [5.41, 5.74) is 2.54. The molecule has 38 heavy (non-hydrogen) atoms. The molecule has 202 valence electrons. The summed E-state index contributed by atoms with van der Waals surface area (Å²) < 4.78 is 16.6. The van der Waals surface area contributed by atoms with E-state index in [0.29, 0.717) is 54.8 Å². The van der Waals surface area contributed by atoms with E-state index in [-0.39, 0.29) is 24.4 Å². The number of amides is 2. The molecule has 0 fully saturated rings. The molecule has 9 heteroatoms. The highest BCUT2D eigenvalue weighted by atomic mass is 35.5. The topological polar surface area (TPSA) is 68.3 Å². The third kappa shape index (κ3) is 6.67. The fourth-order valence-corrected chi connectivity index (χ4v) is 5.62. The van der Waals surface area contributed by atoms with Gasteiger partial charge in [-0.1, -0.05) is 11.6 Å². The Morgan fingerprint density at radius 3 is 2.58 bits per heavy atom. The fourth-order valence-electron chi connectivity index (χ4n) is 4.58. The number of aryl methyl sites for hydroxylation is 1. The molecular formula is C29H33ClN2O5S. The standard InChI is InChI=1S/C29H33ClN2O5S/c1-20-17-23(9-10-25(20)30)37-19-26-24-12-16-38-27(24)11-14-32(26)28(33)18-31(13-4-15-35-2)29(34)21-5-7-22(36-3)8-6-21/h5-10,12,16-17,26H,4,11,13-15,18-19H2,1-3H3. The minimum absolute atomic E-state index is 0.0232. The normalized spacial score (nSPS) is 14.6. The van der Waals surface area contributed by atoms with Gasteiger partial charge in [-0.25, -0.2) is 0 Å². The number of methoxy groups -OCH3 is 2. The number of carbonyl (C=O) groups excluding carboxylic acids is 2. The van der Waals surface area contributed by atoms with Crippen LogP contribution >= 0.6 is 22.9 Å². The van der Waals surface area contributed by atoms with Gasteiger partial charge >= 0.3 is 0 Å². The molecule has 1 aliphatic rings. The fraction of sp³-hybridized carbons (Fsp3) is 0.379. The van der Waals surface area contributed by atoms with Crippen LogP contribution in [0.3, 0.4) is 0 Å². The van der Waals surface area contributed by atoms with Gasteiger partial charge in [-0.2, -0.15) is 0 Å². The van der Waals surface area contributed by atoms with Crippen LogP contribution in [0.15, 0.2) is 53.9 Å². The number of nitrogens with zero attached hydrogens (tertiary/aromatic N) is 2. The van der Waals surface area contributed by atoms with E-state index in [1.54, 1.807) is 54.7 Å². The van der Waals surface area contributed by atoms with E-state index in [4.69, 9.17) is 25.8 Å². The van der Waals surface area contributed by atoms with E-state index in [9.17, 15) is 9.59 Å². The number of carbonyl (C=O) groups is 2. The van der Waals surface area contributed by atoms with Crippen LogP contribution in [-0.2, 0) is 16.0 Å². The number of hydrogen-bond acceptors (Lipinski definition) is 6. The van der Waals surface area contributed by atoms with Gasteiger partial charge in [0.1, 0.15) is 24.7 Å². The number of rotatable bonds is 11. The largest absolute Gasteiger partial charge is 0.497 e. The molecule has 0 saturated heterocycles. The molecule has 1 unspecified atom stereocenters. The third-order valence-corrected chi connectivity index (χ3v) is 8.10. The first kappa shape index (κ1) is 28.0. The lowest BCUT2D eigenvalue weighted by Crippen LogP contribution is -2.48. The van der Waals surface area contributed by atoms with Crippen molar-refractivity contribution in [2.45, 2.75) is 25.8 Å². The predicted octanol–water partition coefficient (Wildman–Crippen LogP) is 5.40. The second-order valence-electron chi connectivity index (χ2n) is 9.18. The van der Waals surface area contributed by atoms with Crippen LogP contribution in [0.5, 0.6) is 11.5 Å². The van der Waals surface area contributed by atoms with Gasteiger partial charge in [0.25, 0.3) is 5.91 Å². The zero-order valence-electron chi connectivity index (χ0n) is 21.9. The lowest BCUT2D eigenvalue weighted by atomic mass is 10.00. The van der Waals surface area contributed by atoms with E-state index < -0.39 is 0 Å². The first-order valence-electron chi connectivity index (χ1n) is 12.6. The molecule has 0 bridgehead atoms. The summed E-state index contributed by atoms with van der Waals surface area (Å²) in [6, 6.07) is 14.3. The summed E-state index contributed by atoms with van der Waals surface area (Å²) in [5.74, 6) is 1.07. The van der Waals surface area contributed by atoms with Crippen molar-refractivity contribution >= 4 is 34.8 Å². The summed E-state index contributed by atoms with van der Waals surface area (Å²) in [5, 5.41) is 2.74. The zero-order chi connectivity index (χ0) is 27.1. The Kier molecular flexibility index (Phi) is 9.66. The maximum absolute atomic E-state index is 13.7. The number of fused-ring (bicyclic) bond motifs is 1. The Hall–Kier alpha value is -3.07. The minimum Gasteiger partial charge on any atom is -0.497 e. The quantitative estimate of drug-likeness (QED) is 0.296. The number of benzene rings is 2. The summed E-state index contributed by atoms with van der Waals surface area (Å²) in [6.07, 6.45) is 1.41. The predicted molar refractivity (Wildman–Crippen MR) is 150 cm³/mol. The average molecular weight is 557 g/mol. The van der Waals surface area contributed by atoms with Crippen molar-refractivity contribution in [1.82, 2.24) is 9.80 Å². The number of halogens is 1. The van der Waals surface area contributed by atoms with Gasteiger partial charge in [0.05, 0.1) is 13.2 Å². The van der Waals surface area contributed by atoms with Gasteiger partial charge in [0.15, 0.2) is 0 Å². The van der Waals surface area contributed by atoms with E-state index in [1.807, 2.05) is 30.0 Å². The highest BCUT2D eigenvalue weighted by Gasteiger charge is 2.33. The average Bonchev–Trinajstić information content (AvgIpc) is 3.42. The van der Waals surface area contributed by atoms with E-state index in [1.165, 1.54) is 4.88 Å². The second-order valence-corrected chi connectivity index (χ2v) is 10.6. The molecule has 0 saturated carbocycles. The molecule has 2 aromatic carbocycles. The lowest BCUT2D eigenvalue weighted by molar-refractivity contribution is -0.135. The van der Waals surface area contributed by atoms with Gasteiger partial charge in [0, 0.05) is 42.3 Å². The maximum atomic E-state index is 13.7. The molecule has 1 atom stereocenters. The highest BCUT2D eigenvalue weighted by Crippen LogP contribution is 2.34. The van der Waals surface area contributed by atoms with Gasteiger partial charge in [0.2, 0.25) is 5.91 Å². The van der Waals surface area contributed by atoms with Crippen molar-refractivity contribution in [3.63, 3.8) is 0 Å². The van der Waals surface area contributed by atoms with Gasteiger partial charge in [-0.15, -0.1) is 11.3 Å². The monoisotopic (exact) mass is 556 g/mol. The molecule has 0 spiro atoms. The molecule has 3 aromatic rings. The van der Waals surface area contributed by atoms with Crippen molar-refractivity contribution < 1.29 is 23.8 Å². The summed E-state index contributed by atoms with van der Waals surface area (Å²) in [7, 11) is 3.21. The number of ether oxygens (including phenoxy) is 3. The first-order valence-corrected chi connectivity index (χ1v) is 13.8. The van der Waals surface area contributed by atoms with Crippen LogP contribution in [0.1, 0.15) is 38.8 Å². The van der Waals surface area contributed by atoms with E-state index >= 15 is 0 Å².